The quantitative estimate of drug-likeness (QED) is 0.163. The van der Waals surface area contributed by atoms with E-state index in [1.807, 2.05) is 0 Å². The van der Waals surface area contributed by atoms with Crippen molar-refractivity contribution in [3.8, 4) is 0 Å². The Kier molecular flexibility index (Phi) is 11.5. The molecule has 13 heteroatoms. The highest BCUT2D eigenvalue weighted by atomic mass is 19.1. The van der Waals surface area contributed by atoms with E-state index in [0.717, 1.165) is 38.4 Å². The van der Waals surface area contributed by atoms with Crippen molar-refractivity contribution in [2.24, 2.45) is 22.1 Å². The Morgan fingerprint density at radius 3 is 2.48 bits per heavy atom. The van der Waals surface area contributed by atoms with Crippen LogP contribution in [0.25, 0.3) is 0 Å². The third-order valence-corrected chi connectivity index (χ3v) is 8.47. The molecule has 1 aliphatic heterocycles. The maximum atomic E-state index is 16.7. The summed E-state index contributed by atoms with van der Waals surface area (Å²) < 4.78 is 39.2. The molecule has 0 spiro atoms. The number of alkyl halides is 1. The third kappa shape index (κ3) is 8.51. The molecule has 1 aliphatic carbocycles. The number of rotatable bonds is 11. The van der Waals surface area contributed by atoms with Crippen LogP contribution in [-0.2, 0) is 33.3 Å². The van der Waals surface area contributed by atoms with Gasteiger partial charge < -0.3 is 35.0 Å². The van der Waals surface area contributed by atoms with Crippen LogP contribution in [0.5, 0.6) is 0 Å². The normalized spacial score (nSPS) is 25.8. The number of ether oxygens (including phenoxy) is 4. The van der Waals surface area contributed by atoms with Crippen LogP contribution >= 0.6 is 0 Å². The van der Waals surface area contributed by atoms with Gasteiger partial charge in [-0.15, -0.1) is 0 Å². The van der Waals surface area contributed by atoms with Gasteiger partial charge in [0, 0.05) is 19.2 Å². The fourth-order valence-corrected chi connectivity index (χ4v) is 5.29. The van der Waals surface area contributed by atoms with Gasteiger partial charge in [-0.05, 0) is 57.1 Å². The molecular weight excluding hydrogens is 573 g/mol. The van der Waals surface area contributed by atoms with Crippen LogP contribution in [0.15, 0.2) is 17.1 Å². The molecule has 0 unspecified atom stereocenters. The van der Waals surface area contributed by atoms with Crippen molar-refractivity contribution in [3.63, 3.8) is 0 Å². The average Bonchev–Trinajstić information content (AvgIpc) is 3.53. The van der Waals surface area contributed by atoms with Gasteiger partial charge in [0.15, 0.2) is 17.6 Å². The van der Waals surface area contributed by atoms with Gasteiger partial charge in [0.2, 0.25) is 0 Å². The van der Waals surface area contributed by atoms with Crippen molar-refractivity contribution < 1.29 is 37.7 Å². The Labute approximate surface area is 258 Å². The molecule has 5 atom stereocenters. The number of halogens is 1. The van der Waals surface area contributed by atoms with E-state index in [0.29, 0.717) is 0 Å². The number of hydrogen-bond donors (Lipinski definition) is 4. The molecule has 2 fully saturated rings. The highest BCUT2D eigenvalue weighted by Gasteiger charge is 2.58. The topological polar surface area (TPSA) is 178 Å². The van der Waals surface area contributed by atoms with Gasteiger partial charge in [-0.25, -0.2) is 9.38 Å². The van der Waals surface area contributed by atoms with Crippen molar-refractivity contribution in [1.82, 2.24) is 10.3 Å². The predicted octanol–water partition coefficient (Wildman–Crippen LogP) is 3.88. The Balaban J connectivity index is 1.85. The number of H-pyrrole nitrogens is 1. The monoisotopic (exact) mass is 621 g/mol. The molecule has 44 heavy (non-hydrogen) atoms. The second-order valence-electron chi connectivity index (χ2n) is 13.4. The van der Waals surface area contributed by atoms with Gasteiger partial charge in [0.1, 0.15) is 36.8 Å². The van der Waals surface area contributed by atoms with E-state index in [4.69, 9.17) is 30.1 Å². The molecule has 12 nitrogen and oxygen atoms in total. The summed E-state index contributed by atoms with van der Waals surface area (Å²) in [6.07, 6.45) is 2.42. The maximum Gasteiger partial charge on any atom is 0.323 e. The molecule has 2 heterocycles. The highest BCUT2D eigenvalue weighted by Crippen LogP contribution is 2.46. The largest absolute Gasteiger partial charge is 0.463 e. The number of aliphatic imine (C=N–C) groups is 1. The minimum atomic E-state index is -2.28. The van der Waals surface area contributed by atoms with Crippen LogP contribution in [0.4, 0.5) is 4.39 Å². The van der Waals surface area contributed by atoms with Crippen LogP contribution in [0.1, 0.15) is 97.6 Å². The summed E-state index contributed by atoms with van der Waals surface area (Å²) in [4.78, 5) is 45.3. The molecule has 0 radical (unpaired) electrons. The molecule has 2 aliphatic rings. The zero-order chi connectivity index (χ0) is 32.9. The first-order valence-corrected chi connectivity index (χ1v) is 15.1. The van der Waals surface area contributed by atoms with Gasteiger partial charge in [0.25, 0.3) is 5.91 Å². The smallest absolute Gasteiger partial charge is 0.323 e. The number of esters is 2. The van der Waals surface area contributed by atoms with Crippen LogP contribution in [0.2, 0.25) is 0 Å². The van der Waals surface area contributed by atoms with E-state index in [2.05, 4.69) is 15.3 Å². The SMILES string of the molecule is COC(C)(C)C(=O)N/C(=N/C=N)c1ccc([C@@H]2O[C@H](COC(=O)CC3CCCCC3)[C@@H](OC(=O)[C@@H](N)C(C)(C)C)[C@@]2(C)F)[nH]1. The second kappa shape index (κ2) is 14.3. The summed E-state index contributed by atoms with van der Waals surface area (Å²) >= 11 is 0. The van der Waals surface area contributed by atoms with Crippen LogP contribution in [0, 0.1) is 16.7 Å². The molecule has 0 bridgehead atoms. The van der Waals surface area contributed by atoms with E-state index >= 15 is 4.39 Å². The summed E-state index contributed by atoms with van der Waals surface area (Å²) in [5.74, 6) is -1.47. The van der Waals surface area contributed by atoms with Crippen molar-refractivity contribution in [2.45, 2.75) is 116 Å². The molecule has 1 aromatic heterocycles. The maximum absolute atomic E-state index is 16.7. The molecule has 1 saturated carbocycles. The fourth-order valence-electron chi connectivity index (χ4n) is 5.29. The third-order valence-electron chi connectivity index (χ3n) is 8.47. The van der Waals surface area contributed by atoms with E-state index in [1.165, 1.54) is 14.0 Å². The first-order valence-electron chi connectivity index (χ1n) is 15.1. The van der Waals surface area contributed by atoms with Gasteiger partial charge in [0.05, 0.1) is 5.69 Å². The van der Waals surface area contributed by atoms with E-state index in [9.17, 15) is 14.4 Å². The zero-order valence-corrected chi connectivity index (χ0v) is 26.8. The van der Waals surface area contributed by atoms with Crippen molar-refractivity contribution in [2.75, 3.05) is 13.7 Å². The van der Waals surface area contributed by atoms with Crippen molar-refractivity contribution in [1.29, 1.82) is 5.41 Å². The first-order chi connectivity index (χ1) is 20.5. The summed E-state index contributed by atoms with van der Waals surface area (Å²) in [6.45, 7) is 9.38. The van der Waals surface area contributed by atoms with Gasteiger partial charge in [-0.1, -0.05) is 40.0 Å². The lowest BCUT2D eigenvalue weighted by Crippen LogP contribution is -2.50. The molecular formula is C31H48FN5O7. The summed E-state index contributed by atoms with van der Waals surface area (Å²) in [7, 11) is 1.39. The van der Waals surface area contributed by atoms with Crippen molar-refractivity contribution >= 4 is 30.0 Å². The van der Waals surface area contributed by atoms with Gasteiger partial charge >= 0.3 is 11.9 Å². The lowest BCUT2D eigenvalue weighted by molar-refractivity contribution is -0.165. The molecule has 5 N–H and O–H groups in total. The summed E-state index contributed by atoms with van der Waals surface area (Å²) in [6, 6.07) is 2.05. The predicted molar refractivity (Wildman–Crippen MR) is 162 cm³/mol. The average molecular weight is 622 g/mol. The summed E-state index contributed by atoms with van der Waals surface area (Å²) in [5.41, 5.74) is 2.53. The van der Waals surface area contributed by atoms with Crippen LogP contribution < -0.4 is 11.1 Å². The standard InChI is InChI=1S/C31H48FN5O7/c1-29(2,3)23(34)27(39)44-25-21(16-42-22(38)15-18-11-9-8-10-12-18)43-24(31(25,6)32)19-13-14-20(36-19)26(35-17-33)37-28(40)30(4,5)41-7/h13-14,17-18,21,23-25,36H,8-12,15-16,34H2,1-7H3,(H2,33,35,37,40)/t21-,23-,24+,25-,31+/m1/s1. The Morgan fingerprint density at radius 2 is 1.89 bits per heavy atom. The number of nitrogens with one attached hydrogen (secondary N) is 3. The number of amidine groups is 1. The Hall–Kier alpha value is -3.16. The van der Waals surface area contributed by atoms with Gasteiger partial charge in [-0.3, -0.25) is 19.8 Å². The minimum absolute atomic E-state index is 0.00672. The number of aromatic amines is 1. The highest BCUT2D eigenvalue weighted by molar-refractivity contribution is 6.10. The number of methoxy groups -OCH3 is 1. The second-order valence-corrected chi connectivity index (χ2v) is 13.4. The van der Waals surface area contributed by atoms with Crippen LogP contribution in [-0.4, -0.2) is 78.2 Å². The molecule has 1 aromatic rings. The van der Waals surface area contributed by atoms with E-state index in [1.54, 1.807) is 46.8 Å². The molecule has 3 rings (SSSR count). The lowest BCUT2D eigenvalue weighted by atomic mass is 9.87. The number of nitrogens with zero attached hydrogens (tertiary/aromatic N) is 1. The number of nitrogens with two attached hydrogens (primary N) is 1. The van der Waals surface area contributed by atoms with E-state index < -0.39 is 58.9 Å². The number of aromatic nitrogens is 1. The number of amides is 1. The van der Waals surface area contributed by atoms with Crippen molar-refractivity contribution in [3.05, 3.63) is 23.5 Å². The van der Waals surface area contributed by atoms with E-state index in [-0.39, 0.29) is 36.2 Å². The Bertz CT molecular complexity index is 1220. The Morgan fingerprint density at radius 1 is 1.23 bits per heavy atom. The molecule has 1 amide bonds. The minimum Gasteiger partial charge on any atom is -0.463 e. The first kappa shape index (κ1) is 35.3. The molecule has 246 valence electrons. The summed E-state index contributed by atoms with van der Waals surface area (Å²) in [5, 5.41) is 10.0. The lowest BCUT2D eigenvalue weighted by Gasteiger charge is -2.31. The fraction of sp³-hybridized carbons (Fsp3) is 0.710. The number of hydrogen-bond acceptors (Lipinski definition) is 9. The molecule has 0 aromatic carbocycles. The number of carbonyl (C=O) groups excluding carboxylic acids is 3. The zero-order valence-electron chi connectivity index (χ0n) is 26.8. The molecule has 1 saturated heterocycles. The number of carbonyl (C=O) groups is 3. The van der Waals surface area contributed by atoms with Crippen LogP contribution in [0.3, 0.4) is 0 Å². The van der Waals surface area contributed by atoms with Gasteiger partial charge in [-0.2, -0.15) is 0 Å².